The van der Waals surface area contributed by atoms with Crippen molar-refractivity contribution >= 4 is 33.4 Å². The molecular formula is C10H11ClN2O4S. The first-order chi connectivity index (χ1) is 8.33. The van der Waals surface area contributed by atoms with Crippen molar-refractivity contribution in [2.75, 3.05) is 16.6 Å². The van der Waals surface area contributed by atoms with Crippen molar-refractivity contribution in [3.63, 3.8) is 0 Å². The normalized spacial score (nSPS) is 18.0. The zero-order valence-corrected chi connectivity index (χ0v) is 11.1. The van der Waals surface area contributed by atoms with E-state index in [1.165, 1.54) is 6.07 Å². The molecule has 0 aliphatic carbocycles. The molecule has 0 atom stereocenters. The summed E-state index contributed by atoms with van der Waals surface area (Å²) in [6, 6.07) is 1.19. The molecule has 0 aromatic carbocycles. The van der Waals surface area contributed by atoms with Crippen LogP contribution in [-0.2, 0) is 10.0 Å². The lowest BCUT2D eigenvalue weighted by molar-refractivity contribution is 0.0697. The van der Waals surface area contributed by atoms with E-state index in [-0.39, 0.29) is 22.2 Å². The third kappa shape index (κ3) is 2.15. The first-order valence-corrected chi connectivity index (χ1v) is 7.22. The second-order valence-corrected chi connectivity index (χ2v) is 6.37. The monoisotopic (exact) mass is 290 g/mol. The molecule has 18 heavy (non-hydrogen) atoms. The van der Waals surface area contributed by atoms with Gasteiger partial charge in [-0.15, -0.1) is 0 Å². The number of aromatic nitrogens is 1. The van der Waals surface area contributed by atoms with Crippen molar-refractivity contribution in [3.05, 3.63) is 22.3 Å². The summed E-state index contributed by atoms with van der Waals surface area (Å²) < 4.78 is 24.6. The van der Waals surface area contributed by atoms with Gasteiger partial charge in [0.25, 0.3) is 0 Å². The van der Waals surface area contributed by atoms with E-state index in [1.807, 2.05) is 0 Å². The number of carbonyl (C=O) groups is 1. The molecule has 1 aromatic rings. The maximum Gasteiger partial charge on any atom is 0.337 e. The molecular weight excluding hydrogens is 280 g/mol. The number of carboxylic acid groups (broad SMARTS) is 1. The van der Waals surface area contributed by atoms with Gasteiger partial charge in [-0.2, -0.15) is 0 Å². The first kappa shape index (κ1) is 13.1. The molecule has 1 N–H and O–H groups in total. The maximum atomic E-state index is 11.7. The van der Waals surface area contributed by atoms with Gasteiger partial charge in [0.1, 0.15) is 5.82 Å². The smallest absolute Gasteiger partial charge is 0.337 e. The van der Waals surface area contributed by atoms with Crippen molar-refractivity contribution in [1.29, 1.82) is 0 Å². The summed E-state index contributed by atoms with van der Waals surface area (Å²) in [7, 11) is -3.38. The van der Waals surface area contributed by atoms with Crippen molar-refractivity contribution in [2.24, 2.45) is 0 Å². The number of anilines is 1. The Morgan fingerprint density at radius 1 is 1.56 bits per heavy atom. The third-order valence-corrected chi connectivity index (χ3v) is 5.02. The Kier molecular flexibility index (Phi) is 3.20. The zero-order chi connectivity index (χ0) is 13.5. The van der Waals surface area contributed by atoms with Crippen LogP contribution in [0.25, 0.3) is 0 Å². The van der Waals surface area contributed by atoms with Gasteiger partial charge in [0, 0.05) is 6.54 Å². The number of carboxylic acids is 1. The molecule has 8 heteroatoms. The van der Waals surface area contributed by atoms with Crippen LogP contribution < -0.4 is 4.31 Å². The van der Waals surface area contributed by atoms with Crippen LogP contribution >= 0.6 is 11.6 Å². The SMILES string of the molecule is Cc1nc(N2CCCS2(=O)=O)cc(C(=O)O)c1Cl. The number of pyridine rings is 1. The van der Waals surface area contributed by atoms with Gasteiger partial charge in [0.15, 0.2) is 0 Å². The Labute approximate surface area is 109 Å². The number of aryl methyl sites for hydroxylation is 1. The number of nitrogens with zero attached hydrogens (tertiary/aromatic N) is 2. The minimum Gasteiger partial charge on any atom is -0.478 e. The van der Waals surface area contributed by atoms with Crippen molar-refractivity contribution in [1.82, 2.24) is 4.98 Å². The largest absolute Gasteiger partial charge is 0.478 e. The highest BCUT2D eigenvalue weighted by molar-refractivity contribution is 7.93. The van der Waals surface area contributed by atoms with E-state index in [1.54, 1.807) is 6.92 Å². The molecule has 0 spiro atoms. The summed E-state index contributed by atoms with van der Waals surface area (Å²) in [4.78, 5) is 15.1. The average molecular weight is 291 g/mol. The van der Waals surface area contributed by atoms with Crippen LogP contribution in [0.2, 0.25) is 5.02 Å². The van der Waals surface area contributed by atoms with E-state index in [2.05, 4.69) is 4.98 Å². The number of hydrogen-bond acceptors (Lipinski definition) is 4. The van der Waals surface area contributed by atoms with Gasteiger partial charge >= 0.3 is 5.97 Å². The standard InChI is InChI=1S/C10H11ClN2O4S/c1-6-9(11)7(10(14)15)5-8(12-6)13-3-2-4-18(13,16)17/h5H,2-4H2,1H3,(H,14,15). The Bertz CT molecular complexity index is 615. The van der Waals surface area contributed by atoms with E-state index >= 15 is 0 Å². The van der Waals surface area contributed by atoms with Gasteiger partial charge in [0.05, 0.1) is 22.0 Å². The minimum atomic E-state index is -3.38. The molecule has 1 saturated heterocycles. The Morgan fingerprint density at radius 2 is 2.22 bits per heavy atom. The summed E-state index contributed by atoms with van der Waals surface area (Å²) in [5, 5.41) is 9.04. The summed E-state index contributed by atoms with van der Waals surface area (Å²) >= 11 is 5.83. The Balaban J connectivity index is 2.56. The molecule has 6 nitrogen and oxygen atoms in total. The van der Waals surface area contributed by atoms with Crippen LogP contribution in [0.5, 0.6) is 0 Å². The number of aromatic carboxylic acids is 1. The number of rotatable bonds is 2. The molecule has 1 aliphatic heterocycles. The molecule has 0 radical (unpaired) electrons. The fourth-order valence-corrected chi connectivity index (χ4v) is 3.50. The molecule has 1 fully saturated rings. The minimum absolute atomic E-state index is 0.0304. The molecule has 1 aromatic heterocycles. The highest BCUT2D eigenvalue weighted by atomic mass is 35.5. The molecule has 1 aliphatic rings. The van der Waals surface area contributed by atoms with Gasteiger partial charge < -0.3 is 5.11 Å². The molecule has 2 heterocycles. The average Bonchev–Trinajstić information content (AvgIpc) is 2.61. The fourth-order valence-electron chi connectivity index (χ4n) is 1.82. The lowest BCUT2D eigenvalue weighted by Gasteiger charge is -2.17. The van der Waals surface area contributed by atoms with Crippen LogP contribution in [0.15, 0.2) is 6.07 Å². The summed E-state index contributed by atoms with van der Waals surface area (Å²) in [5.74, 6) is -1.03. The van der Waals surface area contributed by atoms with E-state index in [9.17, 15) is 13.2 Å². The quantitative estimate of drug-likeness (QED) is 0.886. The van der Waals surface area contributed by atoms with Crippen LogP contribution in [0.3, 0.4) is 0 Å². The predicted octanol–water partition coefficient (Wildman–Crippen LogP) is 1.28. The van der Waals surface area contributed by atoms with E-state index in [4.69, 9.17) is 16.7 Å². The number of hydrogen-bond donors (Lipinski definition) is 1. The zero-order valence-electron chi connectivity index (χ0n) is 9.55. The van der Waals surface area contributed by atoms with Gasteiger partial charge in [-0.1, -0.05) is 11.6 Å². The highest BCUT2D eigenvalue weighted by Crippen LogP contribution is 2.28. The van der Waals surface area contributed by atoms with Gasteiger partial charge in [-0.25, -0.2) is 18.2 Å². The Morgan fingerprint density at radius 3 is 2.72 bits per heavy atom. The first-order valence-electron chi connectivity index (χ1n) is 5.24. The van der Waals surface area contributed by atoms with Crippen molar-refractivity contribution < 1.29 is 18.3 Å². The Hall–Kier alpha value is -1.34. The topological polar surface area (TPSA) is 87.6 Å². The van der Waals surface area contributed by atoms with E-state index < -0.39 is 16.0 Å². The van der Waals surface area contributed by atoms with Crippen LogP contribution in [0.4, 0.5) is 5.82 Å². The molecule has 2 rings (SSSR count). The number of sulfonamides is 1. The predicted molar refractivity (Wildman–Crippen MR) is 66.7 cm³/mol. The van der Waals surface area contributed by atoms with Gasteiger partial charge in [-0.3, -0.25) is 4.31 Å². The van der Waals surface area contributed by atoms with E-state index in [0.29, 0.717) is 18.7 Å². The molecule has 0 bridgehead atoms. The maximum absolute atomic E-state index is 11.7. The third-order valence-electron chi connectivity index (χ3n) is 2.70. The highest BCUT2D eigenvalue weighted by Gasteiger charge is 2.30. The summed E-state index contributed by atoms with van der Waals surface area (Å²) in [6.07, 6.45) is 0.508. The second kappa shape index (κ2) is 4.40. The van der Waals surface area contributed by atoms with Gasteiger partial charge in [0.2, 0.25) is 10.0 Å². The molecule has 0 amide bonds. The number of halogens is 1. The van der Waals surface area contributed by atoms with Crippen LogP contribution in [0, 0.1) is 6.92 Å². The second-order valence-electron chi connectivity index (χ2n) is 3.97. The fraction of sp³-hybridized carbons (Fsp3) is 0.400. The van der Waals surface area contributed by atoms with Gasteiger partial charge in [-0.05, 0) is 19.4 Å². The molecule has 0 unspecified atom stereocenters. The lowest BCUT2D eigenvalue weighted by Crippen LogP contribution is -2.26. The summed E-state index contributed by atoms with van der Waals surface area (Å²) in [5.41, 5.74) is 0.162. The lowest BCUT2D eigenvalue weighted by atomic mass is 10.2. The van der Waals surface area contributed by atoms with Crippen molar-refractivity contribution in [2.45, 2.75) is 13.3 Å². The van der Waals surface area contributed by atoms with Crippen LogP contribution in [-0.4, -0.2) is 36.8 Å². The van der Waals surface area contributed by atoms with Crippen molar-refractivity contribution in [3.8, 4) is 0 Å². The molecule has 98 valence electrons. The van der Waals surface area contributed by atoms with E-state index in [0.717, 1.165) is 4.31 Å². The molecule has 0 saturated carbocycles. The van der Waals surface area contributed by atoms with Crippen LogP contribution in [0.1, 0.15) is 22.5 Å². The summed E-state index contributed by atoms with van der Waals surface area (Å²) in [6.45, 7) is 1.86.